The fourth-order valence-electron chi connectivity index (χ4n) is 1.65. The number of rotatable bonds is 3. The molecule has 0 spiro atoms. The molecule has 20 heavy (non-hydrogen) atoms. The van der Waals surface area contributed by atoms with Crippen LogP contribution in [0.15, 0.2) is 30.3 Å². The molecular formula is C13H10Cl3N3O. The van der Waals surface area contributed by atoms with Crippen LogP contribution in [0.5, 0.6) is 0 Å². The van der Waals surface area contributed by atoms with Gasteiger partial charge in [-0.1, -0.05) is 40.9 Å². The Morgan fingerprint density at radius 1 is 1.00 bits per heavy atom. The minimum Gasteiger partial charge on any atom is -0.396 e. The third-order valence-electron chi connectivity index (χ3n) is 2.65. The number of carbonyl (C=O) groups excluding carboxylic acids is 1. The van der Waals surface area contributed by atoms with E-state index in [2.05, 4.69) is 5.32 Å². The number of carbonyl (C=O) groups is 1. The van der Waals surface area contributed by atoms with Gasteiger partial charge in [0.25, 0.3) is 5.91 Å². The summed E-state index contributed by atoms with van der Waals surface area (Å²) in [6.45, 7) is 0. The number of nitrogens with one attached hydrogen (secondary N) is 1. The van der Waals surface area contributed by atoms with Crippen LogP contribution in [0.25, 0.3) is 0 Å². The molecule has 0 saturated heterocycles. The van der Waals surface area contributed by atoms with E-state index in [1.165, 1.54) is 6.07 Å². The van der Waals surface area contributed by atoms with E-state index in [0.717, 1.165) is 0 Å². The summed E-state index contributed by atoms with van der Waals surface area (Å²) in [5.41, 5.74) is 12.6. The standard InChI is InChI=1S/C13H10Cl3N3O/c14-7-4-9(16)11(5-8(7)15)19-10-3-1-2-6(12(10)17)13(18)20/h1-5,19H,17H2,(H2,18,20). The van der Waals surface area contributed by atoms with Gasteiger partial charge in [-0.15, -0.1) is 0 Å². The molecule has 0 aliphatic heterocycles. The van der Waals surface area contributed by atoms with E-state index in [1.807, 2.05) is 0 Å². The van der Waals surface area contributed by atoms with E-state index in [-0.39, 0.29) is 11.3 Å². The van der Waals surface area contributed by atoms with Crippen LogP contribution in [0.1, 0.15) is 10.4 Å². The second-order valence-corrected chi connectivity index (χ2v) is 5.22. The summed E-state index contributed by atoms with van der Waals surface area (Å²) in [5, 5.41) is 4.07. The molecule has 0 heterocycles. The summed E-state index contributed by atoms with van der Waals surface area (Å²) in [5.74, 6) is -0.605. The van der Waals surface area contributed by atoms with Crippen LogP contribution < -0.4 is 16.8 Å². The predicted molar refractivity (Wildman–Crippen MR) is 84.1 cm³/mol. The quantitative estimate of drug-likeness (QED) is 0.586. The molecule has 0 bridgehead atoms. The Morgan fingerprint density at radius 3 is 2.30 bits per heavy atom. The Balaban J connectivity index is 2.43. The number of benzene rings is 2. The van der Waals surface area contributed by atoms with E-state index in [9.17, 15) is 4.79 Å². The Bertz CT molecular complexity index is 689. The van der Waals surface area contributed by atoms with E-state index in [4.69, 9.17) is 46.3 Å². The molecule has 0 unspecified atom stereocenters. The Morgan fingerprint density at radius 2 is 1.65 bits per heavy atom. The van der Waals surface area contributed by atoms with Crippen molar-refractivity contribution in [3.8, 4) is 0 Å². The molecule has 0 aliphatic carbocycles. The molecule has 4 nitrogen and oxygen atoms in total. The summed E-state index contributed by atoms with van der Waals surface area (Å²) >= 11 is 17.9. The van der Waals surface area contributed by atoms with Crippen LogP contribution in [-0.4, -0.2) is 5.91 Å². The summed E-state index contributed by atoms with van der Waals surface area (Å²) in [7, 11) is 0. The molecule has 1 amide bonds. The van der Waals surface area contributed by atoms with Crippen molar-refractivity contribution < 1.29 is 4.79 Å². The van der Waals surface area contributed by atoms with Crippen molar-refractivity contribution in [2.45, 2.75) is 0 Å². The molecule has 2 rings (SSSR count). The number of halogens is 3. The average Bonchev–Trinajstić information content (AvgIpc) is 2.37. The number of para-hydroxylation sites is 1. The Hall–Kier alpha value is -1.62. The van der Waals surface area contributed by atoms with Crippen LogP contribution in [-0.2, 0) is 0 Å². The van der Waals surface area contributed by atoms with Gasteiger partial charge in [-0.3, -0.25) is 4.79 Å². The predicted octanol–water partition coefficient (Wildman–Crippen LogP) is 4.07. The van der Waals surface area contributed by atoms with Gasteiger partial charge in [0.15, 0.2) is 0 Å². The molecule has 7 heteroatoms. The van der Waals surface area contributed by atoms with Crippen LogP contribution in [0.2, 0.25) is 15.1 Å². The molecule has 0 atom stereocenters. The van der Waals surface area contributed by atoms with Crippen molar-refractivity contribution in [1.29, 1.82) is 0 Å². The second-order valence-electron chi connectivity index (χ2n) is 4.00. The zero-order chi connectivity index (χ0) is 14.9. The van der Waals surface area contributed by atoms with Gasteiger partial charge in [0.05, 0.1) is 37.7 Å². The Labute approximate surface area is 130 Å². The maximum Gasteiger partial charge on any atom is 0.250 e. The number of hydrogen-bond donors (Lipinski definition) is 3. The maximum atomic E-state index is 11.2. The molecule has 0 aromatic heterocycles. The van der Waals surface area contributed by atoms with Gasteiger partial charge in [0.1, 0.15) is 0 Å². The minimum absolute atomic E-state index is 0.228. The highest BCUT2D eigenvalue weighted by Gasteiger charge is 2.12. The van der Waals surface area contributed by atoms with Crippen molar-refractivity contribution in [2.24, 2.45) is 5.73 Å². The van der Waals surface area contributed by atoms with Crippen molar-refractivity contribution in [2.75, 3.05) is 11.1 Å². The number of hydrogen-bond acceptors (Lipinski definition) is 3. The van der Waals surface area contributed by atoms with Crippen molar-refractivity contribution in [1.82, 2.24) is 0 Å². The fourth-order valence-corrected chi connectivity index (χ4v) is 2.25. The van der Waals surface area contributed by atoms with Crippen molar-refractivity contribution in [3.05, 3.63) is 51.0 Å². The number of anilines is 3. The van der Waals surface area contributed by atoms with Crippen molar-refractivity contribution in [3.63, 3.8) is 0 Å². The smallest absolute Gasteiger partial charge is 0.250 e. The molecule has 104 valence electrons. The van der Waals surface area contributed by atoms with Crippen molar-refractivity contribution >= 4 is 57.8 Å². The monoisotopic (exact) mass is 329 g/mol. The summed E-state index contributed by atoms with van der Waals surface area (Å²) < 4.78 is 0. The molecular weight excluding hydrogens is 321 g/mol. The molecule has 0 fully saturated rings. The zero-order valence-corrected chi connectivity index (χ0v) is 12.4. The number of amides is 1. The number of primary amides is 1. The fraction of sp³-hybridized carbons (Fsp3) is 0. The highest BCUT2D eigenvalue weighted by Crippen LogP contribution is 2.35. The first-order valence-corrected chi connectivity index (χ1v) is 6.63. The van der Waals surface area contributed by atoms with Gasteiger partial charge in [-0.25, -0.2) is 0 Å². The van der Waals surface area contributed by atoms with E-state index < -0.39 is 5.91 Å². The van der Waals surface area contributed by atoms with Gasteiger partial charge in [0, 0.05) is 0 Å². The Kier molecular flexibility index (Phi) is 4.28. The lowest BCUT2D eigenvalue weighted by Crippen LogP contribution is -2.14. The molecule has 5 N–H and O–H groups in total. The highest BCUT2D eigenvalue weighted by molar-refractivity contribution is 6.44. The van der Waals surface area contributed by atoms with E-state index >= 15 is 0 Å². The molecule has 0 aliphatic rings. The summed E-state index contributed by atoms with van der Waals surface area (Å²) in [4.78, 5) is 11.2. The first-order chi connectivity index (χ1) is 9.40. The summed E-state index contributed by atoms with van der Waals surface area (Å²) in [6, 6.07) is 7.98. The van der Waals surface area contributed by atoms with Gasteiger partial charge >= 0.3 is 0 Å². The number of nitrogen functional groups attached to an aromatic ring is 1. The molecule has 0 radical (unpaired) electrons. The van der Waals surface area contributed by atoms with Crippen LogP contribution >= 0.6 is 34.8 Å². The third kappa shape index (κ3) is 2.93. The topological polar surface area (TPSA) is 81.1 Å². The normalized spacial score (nSPS) is 10.3. The molecule has 0 saturated carbocycles. The van der Waals surface area contributed by atoms with Crippen LogP contribution in [0.3, 0.4) is 0 Å². The lowest BCUT2D eigenvalue weighted by atomic mass is 10.1. The van der Waals surface area contributed by atoms with E-state index in [0.29, 0.717) is 26.4 Å². The zero-order valence-electron chi connectivity index (χ0n) is 10.1. The van der Waals surface area contributed by atoms with Gasteiger partial charge < -0.3 is 16.8 Å². The highest BCUT2D eigenvalue weighted by atomic mass is 35.5. The second kappa shape index (κ2) is 5.79. The van der Waals surface area contributed by atoms with E-state index in [1.54, 1.807) is 24.3 Å². The first-order valence-electron chi connectivity index (χ1n) is 5.50. The van der Waals surface area contributed by atoms with Crippen LogP contribution in [0.4, 0.5) is 17.1 Å². The van der Waals surface area contributed by atoms with Gasteiger partial charge in [-0.2, -0.15) is 0 Å². The summed E-state index contributed by atoms with van der Waals surface area (Å²) in [6.07, 6.45) is 0. The molecule has 2 aromatic carbocycles. The van der Waals surface area contributed by atoms with Gasteiger partial charge in [0.2, 0.25) is 0 Å². The number of nitrogens with two attached hydrogens (primary N) is 2. The lowest BCUT2D eigenvalue weighted by Gasteiger charge is -2.13. The third-order valence-corrected chi connectivity index (χ3v) is 3.69. The van der Waals surface area contributed by atoms with Gasteiger partial charge in [-0.05, 0) is 24.3 Å². The maximum absolute atomic E-state index is 11.2. The van der Waals surface area contributed by atoms with Crippen LogP contribution in [0, 0.1) is 0 Å². The first kappa shape index (κ1) is 14.8. The SMILES string of the molecule is NC(=O)c1cccc(Nc2cc(Cl)c(Cl)cc2Cl)c1N. The molecule has 2 aromatic rings. The lowest BCUT2D eigenvalue weighted by molar-refractivity contribution is 0.100. The largest absolute Gasteiger partial charge is 0.396 e. The average molecular weight is 331 g/mol. The minimum atomic E-state index is -0.605.